The largest absolute Gasteiger partial charge is 0.481 e. The fourth-order valence-electron chi connectivity index (χ4n) is 3.55. The van der Waals surface area contributed by atoms with Crippen molar-refractivity contribution >= 4 is 35.6 Å². The summed E-state index contributed by atoms with van der Waals surface area (Å²) in [5.41, 5.74) is 11.2. The van der Waals surface area contributed by atoms with Crippen LogP contribution in [-0.2, 0) is 35.2 Å². The maximum atomic E-state index is 13.0. The predicted molar refractivity (Wildman–Crippen MR) is 113 cm³/mol. The molecule has 15 heteroatoms. The number of nitrogens with one attached hydrogen (secondary N) is 3. The average Bonchev–Trinajstić information content (AvgIpc) is 3.43. The normalized spacial score (nSPS) is 17.9. The molecule has 0 saturated carbocycles. The molecule has 1 saturated heterocycles. The predicted octanol–water partition coefficient (Wildman–Crippen LogP) is -3.33. The molecule has 2 rings (SSSR count). The number of aromatic nitrogens is 2. The van der Waals surface area contributed by atoms with Crippen LogP contribution in [0.3, 0.4) is 0 Å². The van der Waals surface area contributed by atoms with E-state index >= 15 is 0 Å². The molecule has 1 aliphatic rings. The summed E-state index contributed by atoms with van der Waals surface area (Å²) in [7, 11) is 0. The number of aromatic amines is 1. The number of hydrogen-bond donors (Lipinski definition) is 7. The van der Waals surface area contributed by atoms with E-state index in [9.17, 15) is 33.9 Å². The second-order valence-electron chi connectivity index (χ2n) is 7.81. The van der Waals surface area contributed by atoms with Crippen molar-refractivity contribution in [1.29, 1.82) is 0 Å². The molecule has 4 atom stereocenters. The smallest absolute Gasteiger partial charge is 0.326 e. The van der Waals surface area contributed by atoms with E-state index in [-0.39, 0.29) is 19.4 Å². The number of aliphatic carboxylic acids is 2. The standard InChI is InChI=1S/C19H27N7O8/c20-10(5-15(28)29)16(30)24-11(4-9-7-22-8-23-9)17(31)25-12(6-14(21)27)18(32)26-3-1-2-13(26)19(33)34/h7-8,10-13H,1-6,20H2,(H2,21,27)(H,22,23)(H,24,30)(H,25,31)(H,28,29)(H,33,34). The van der Waals surface area contributed by atoms with Crippen molar-refractivity contribution in [2.45, 2.75) is 56.3 Å². The summed E-state index contributed by atoms with van der Waals surface area (Å²) >= 11 is 0. The lowest BCUT2D eigenvalue weighted by molar-refractivity contribution is -0.149. The van der Waals surface area contributed by atoms with Gasteiger partial charge < -0.3 is 42.2 Å². The van der Waals surface area contributed by atoms with E-state index in [0.717, 1.165) is 4.90 Å². The summed E-state index contributed by atoms with van der Waals surface area (Å²) in [5.74, 6) is -6.06. The second kappa shape index (κ2) is 11.7. The van der Waals surface area contributed by atoms with Gasteiger partial charge in [-0.15, -0.1) is 0 Å². The molecule has 1 aromatic rings. The van der Waals surface area contributed by atoms with Gasteiger partial charge in [0, 0.05) is 24.9 Å². The Morgan fingerprint density at radius 3 is 2.35 bits per heavy atom. The molecule has 0 aromatic carbocycles. The van der Waals surface area contributed by atoms with E-state index in [1.54, 1.807) is 0 Å². The quantitative estimate of drug-likeness (QED) is 0.156. The number of amides is 4. The minimum atomic E-state index is -1.47. The second-order valence-corrected chi connectivity index (χ2v) is 7.81. The third-order valence-electron chi connectivity index (χ3n) is 5.18. The van der Waals surface area contributed by atoms with Crippen LogP contribution in [0.25, 0.3) is 0 Å². The Kier molecular flexibility index (Phi) is 9.06. The number of rotatable bonds is 12. The summed E-state index contributed by atoms with van der Waals surface area (Å²) in [4.78, 5) is 79.8. The number of likely N-dealkylation sites (tertiary alicyclic amines) is 1. The van der Waals surface area contributed by atoms with Crippen LogP contribution >= 0.6 is 0 Å². The number of carbonyl (C=O) groups excluding carboxylic acids is 4. The summed E-state index contributed by atoms with van der Waals surface area (Å²) in [6, 6.07) is -5.35. The molecule has 1 fully saturated rings. The van der Waals surface area contributed by atoms with Crippen molar-refractivity contribution in [3.05, 3.63) is 18.2 Å². The van der Waals surface area contributed by atoms with Gasteiger partial charge in [-0.1, -0.05) is 0 Å². The third-order valence-corrected chi connectivity index (χ3v) is 5.18. The van der Waals surface area contributed by atoms with E-state index in [1.807, 2.05) is 0 Å². The first-order chi connectivity index (χ1) is 16.0. The van der Waals surface area contributed by atoms with Gasteiger partial charge in [-0.25, -0.2) is 9.78 Å². The molecule has 186 valence electrons. The highest BCUT2D eigenvalue weighted by molar-refractivity contribution is 5.96. The number of carbonyl (C=O) groups is 6. The van der Waals surface area contributed by atoms with Gasteiger partial charge in [-0.3, -0.25) is 24.0 Å². The molecule has 15 nitrogen and oxygen atoms in total. The Hall–Kier alpha value is -4.01. The lowest BCUT2D eigenvalue weighted by atomic mass is 10.1. The zero-order chi connectivity index (χ0) is 25.4. The first-order valence-corrected chi connectivity index (χ1v) is 10.4. The Morgan fingerprint density at radius 1 is 1.12 bits per heavy atom. The maximum Gasteiger partial charge on any atom is 0.326 e. The number of carboxylic acid groups (broad SMARTS) is 2. The Morgan fingerprint density at radius 2 is 1.79 bits per heavy atom. The van der Waals surface area contributed by atoms with E-state index in [1.165, 1.54) is 12.5 Å². The Balaban J connectivity index is 2.21. The Labute approximate surface area is 193 Å². The fourth-order valence-corrected chi connectivity index (χ4v) is 3.55. The average molecular weight is 481 g/mol. The van der Waals surface area contributed by atoms with Crippen LogP contribution in [0.2, 0.25) is 0 Å². The molecule has 4 amide bonds. The molecular weight excluding hydrogens is 454 g/mol. The van der Waals surface area contributed by atoms with Crippen LogP contribution in [0, 0.1) is 0 Å². The number of carboxylic acids is 2. The molecule has 34 heavy (non-hydrogen) atoms. The number of H-pyrrole nitrogens is 1. The van der Waals surface area contributed by atoms with Crippen molar-refractivity contribution in [2.24, 2.45) is 11.5 Å². The van der Waals surface area contributed by atoms with Gasteiger partial charge in [0.2, 0.25) is 23.6 Å². The zero-order valence-corrected chi connectivity index (χ0v) is 18.1. The summed E-state index contributed by atoms with van der Waals surface area (Å²) in [5, 5.41) is 22.9. The van der Waals surface area contributed by atoms with Crippen molar-refractivity contribution in [3.8, 4) is 0 Å². The lowest BCUT2D eigenvalue weighted by Crippen LogP contribution is -2.58. The van der Waals surface area contributed by atoms with Crippen molar-refractivity contribution < 1.29 is 39.0 Å². The van der Waals surface area contributed by atoms with Crippen LogP contribution in [-0.4, -0.2) is 91.4 Å². The van der Waals surface area contributed by atoms with Crippen molar-refractivity contribution in [2.75, 3.05) is 6.54 Å². The number of nitrogens with zero attached hydrogens (tertiary/aromatic N) is 2. The minimum Gasteiger partial charge on any atom is -0.481 e. The molecule has 1 aromatic heterocycles. The first-order valence-electron chi connectivity index (χ1n) is 10.4. The fraction of sp³-hybridized carbons (Fsp3) is 0.526. The van der Waals surface area contributed by atoms with Crippen molar-refractivity contribution in [1.82, 2.24) is 25.5 Å². The highest BCUT2D eigenvalue weighted by Crippen LogP contribution is 2.19. The van der Waals surface area contributed by atoms with Gasteiger partial charge in [-0.05, 0) is 12.8 Å². The monoisotopic (exact) mass is 481 g/mol. The third kappa shape index (κ3) is 7.26. The van der Waals surface area contributed by atoms with Crippen molar-refractivity contribution in [3.63, 3.8) is 0 Å². The van der Waals surface area contributed by atoms with E-state index in [2.05, 4.69) is 20.6 Å². The van der Waals surface area contributed by atoms with E-state index in [0.29, 0.717) is 12.1 Å². The summed E-state index contributed by atoms with van der Waals surface area (Å²) in [6.07, 6.45) is 1.96. The molecule has 1 aliphatic heterocycles. The Bertz CT molecular complexity index is 935. The molecule has 0 spiro atoms. The van der Waals surface area contributed by atoms with Crippen LogP contribution in [0.15, 0.2) is 12.5 Å². The van der Waals surface area contributed by atoms with Crippen LogP contribution in [0.4, 0.5) is 0 Å². The molecule has 4 unspecified atom stereocenters. The highest BCUT2D eigenvalue weighted by Gasteiger charge is 2.39. The van der Waals surface area contributed by atoms with Crippen LogP contribution in [0.5, 0.6) is 0 Å². The van der Waals surface area contributed by atoms with Gasteiger partial charge in [0.05, 0.1) is 25.2 Å². The van der Waals surface area contributed by atoms with Gasteiger partial charge >= 0.3 is 11.9 Å². The molecule has 0 aliphatic carbocycles. The SMILES string of the molecule is NC(=O)CC(NC(=O)C(Cc1cnc[nH]1)NC(=O)C(N)CC(=O)O)C(=O)N1CCCC1C(=O)O. The molecule has 9 N–H and O–H groups in total. The molecular formula is C19H27N7O8. The number of primary amides is 1. The highest BCUT2D eigenvalue weighted by atomic mass is 16.4. The number of hydrogen-bond acceptors (Lipinski definition) is 8. The number of nitrogens with two attached hydrogens (primary N) is 2. The van der Waals surface area contributed by atoms with Gasteiger partial charge in [0.15, 0.2) is 0 Å². The van der Waals surface area contributed by atoms with Crippen LogP contribution < -0.4 is 22.1 Å². The minimum absolute atomic E-state index is 0.124. The number of imidazole rings is 1. The molecule has 2 heterocycles. The van der Waals surface area contributed by atoms with E-state index in [4.69, 9.17) is 16.6 Å². The van der Waals surface area contributed by atoms with Gasteiger partial charge in [-0.2, -0.15) is 0 Å². The van der Waals surface area contributed by atoms with Crippen LogP contribution in [0.1, 0.15) is 31.4 Å². The van der Waals surface area contributed by atoms with E-state index < -0.39 is 72.6 Å². The van der Waals surface area contributed by atoms with Gasteiger partial charge in [0.1, 0.15) is 18.1 Å². The first kappa shape index (κ1) is 26.2. The lowest BCUT2D eigenvalue weighted by Gasteiger charge is -2.28. The summed E-state index contributed by atoms with van der Waals surface area (Å²) in [6.45, 7) is 0.124. The molecule has 0 bridgehead atoms. The van der Waals surface area contributed by atoms with Gasteiger partial charge in [0.25, 0.3) is 0 Å². The molecule has 0 radical (unpaired) electrons. The topological polar surface area (TPSA) is 251 Å². The zero-order valence-electron chi connectivity index (χ0n) is 18.1. The maximum absolute atomic E-state index is 13.0. The summed E-state index contributed by atoms with van der Waals surface area (Å²) < 4.78 is 0.